The normalized spacial score (nSPS) is 10.9. The summed E-state index contributed by atoms with van der Waals surface area (Å²) in [4.78, 5) is 36.8. The summed E-state index contributed by atoms with van der Waals surface area (Å²) >= 11 is 1.20. The summed E-state index contributed by atoms with van der Waals surface area (Å²) in [6.45, 7) is 10.3. The second-order valence-electron chi connectivity index (χ2n) is 8.05. The van der Waals surface area contributed by atoms with Gasteiger partial charge in [0.15, 0.2) is 10.8 Å². The van der Waals surface area contributed by atoms with Crippen LogP contribution in [-0.4, -0.2) is 44.6 Å². The van der Waals surface area contributed by atoms with E-state index in [0.29, 0.717) is 39.9 Å². The number of nitriles is 1. The maximum Gasteiger partial charge on any atom is 0.350 e. The predicted molar refractivity (Wildman–Crippen MR) is 130 cm³/mol. The number of hydrogen-bond donors (Lipinski definition) is 0. The molecular formula is C24H30N6O3S. The summed E-state index contributed by atoms with van der Waals surface area (Å²) in [6, 6.07) is 2.11. The van der Waals surface area contributed by atoms with Gasteiger partial charge in [0.25, 0.3) is 0 Å². The van der Waals surface area contributed by atoms with E-state index in [2.05, 4.69) is 28.1 Å². The van der Waals surface area contributed by atoms with Gasteiger partial charge in [-0.3, -0.25) is 9.69 Å². The Balaban J connectivity index is 1.84. The van der Waals surface area contributed by atoms with Gasteiger partial charge in [0.2, 0.25) is 5.91 Å². The number of ether oxygens (including phenoxy) is 1. The van der Waals surface area contributed by atoms with Crippen LogP contribution in [0.15, 0.2) is 6.20 Å². The number of fused-ring (bicyclic) bond motifs is 1. The molecule has 0 unspecified atom stereocenters. The van der Waals surface area contributed by atoms with E-state index in [1.807, 2.05) is 13.8 Å². The molecule has 9 nitrogen and oxygen atoms in total. The van der Waals surface area contributed by atoms with Crippen molar-refractivity contribution in [3.05, 3.63) is 39.3 Å². The van der Waals surface area contributed by atoms with Crippen molar-refractivity contribution < 1.29 is 14.3 Å². The van der Waals surface area contributed by atoms with E-state index in [1.165, 1.54) is 17.5 Å². The van der Waals surface area contributed by atoms with Gasteiger partial charge >= 0.3 is 5.97 Å². The third kappa shape index (κ3) is 5.25. The van der Waals surface area contributed by atoms with Crippen molar-refractivity contribution in [2.24, 2.45) is 0 Å². The number of nitrogens with zero attached hydrogens (tertiary/aromatic N) is 6. The molecular weight excluding hydrogens is 452 g/mol. The summed E-state index contributed by atoms with van der Waals surface area (Å²) < 4.78 is 6.78. The first kappa shape index (κ1) is 25.3. The topological polar surface area (TPSA) is 113 Å². The van der Waals surface area contributed by atoms with Crippen molar-refractivity contribution in [2.75, 3.05) is 18.1 Å². The van der Waals surface area contributed by atoms with Gasteiger partial charge in [-0.1, -0.05) is 31.1 Å². The second-order valence-corrected chi connectivity index (χ2v) is 9.03. The molecule has 0 aromatic carbocycles. The molecule has 0 aliphatic rings. The van der Waals surface area contributed by atoms with Gasteiger partial charge in [0, 0.05) is 24.4 Å². The van der Waals surface area contributed by atoms with E-state index >= 15 is 0 Å². The largest absolute Gasteiger partial charge is 0.462 e. The molecule has 0 saturated heterocycles. The van der Waals surface area contributed by atoms with Gasteiger partial charge in [0.1, 0.15) is 16.5 Å². The molecule has 0 fully saturated rings. The molecule has 3 aromatic heterocycles. The van der Waals surface area contributed by atoms with Crippen LogP contribution in [0.1, 0.15) is 77.4 Å². The smallest absolute Gasteiger partial charge is 0.350 e. The maximum absolute atomic E-state index is 13.4. The molecule has 1 amide bonds. The van der Waals surface area contributed by atoms with Crippen molar-refractivity contribution in [2.45, 2.75) is 66.7 Å². The SMILES string of the molecule is CCCCCN(C(=O)CCc1c(C)nc2c(C#N)cnn2c1C)c1nc(C)c(C(=O)OCC)s1. The summed E-state index contributed by atoms with van der Waals surface area (Å²) in [7, 11) is 0. The molecule has 0 spiro atoms. The predicted octanol–water partition coefficient (Wildman–Crippen LogP) is 4.32. The first-order chi connectivity index (χ1) is 16.3. The quantitative estimate of drug-likeness (QED) is 0.312. The molecule has 34 heavy (non-hydrogen) atoms. The van der Waals surface area contributed by atoms with Crippen molar-refractivity contribution >= 4 is 34.0 Å². The minimum absolute atomic E-state index is 0.0580. The van der Waals surface area contributed by atoms with Crippen LogP contribution in [0, 0.1) is 32.1 Å². The van der Waals surface area contributed by atoms with Crippen molar-refractivity contribution in [3.63, 3.8) is 0 Å². The molecule has 0 saturated carbocycles. The van der Waals surface area contributed by atoms with Crippen LogP contribution in [0.2, 0.25) is 0 Å². The van der Waals surface area contributed by atoms with E-state index in [9.17, 15) is 14.9 Å². The number of aromatic nitrogens is 4. The third-order valence-corrected chi connectivity index (χ3v) is 6.84. The lowest BCUT2D eigenvalue weighted by atomic mass is 10.1. The fourth-order valence-corrected chi connectivity index (χ4v) is 4.85. The van der Waals surface area contributed by atoms with E-state index in [0.717, 1.165) is 36.2 Å². The Morgan fingerprint density at radius 3 is 2.62 bits per heavy atom. The number of hydrogen-bond acceptors (Lipinski definition) is 8. The molecule has 3 heterocycles. The first-order valence-electron chi connectivity index (χ1n) is 11.5. The number of unbranched alkanes of at least 4 members (excludes halogenated alkanes) is 2. The fourth-order valence-electron chi connectivity index (χ4n) is 3.85. The number of aryl methyl sites for hydroxylation is 3. The highest BCUT2D eigenvalue weighted by Crippen LogP contribution is 2.28. The molecule has 10 heteroatoms. The number of amides is 1. The van der Waals surface area contributed by atoms with Gasteiger partial charge in [0.05, 0.1) is 18.5 Å². The van der Waals surface area contributed by atoms with Gasteiger partial charge < -0.3 is 4.74 Å². The van der Waals surface area contributed by atoms with Crippen LogP contribution in [-0.2, 0) is 16.0 Å². The minimum Gasteiger partial charge on any atom is -0.462 e. The lowest BCUT2D eigenvalue weighted by Crippen LogP contribution is -2.32. The summed E-state index contributed by atoms with van der Waals surface area (Å²) in [5.41, 5.74) is 4.10. The first-order valence-corrected chi connectivity index (χ1v) is 12.3. The van der Waals surface area contributed by atoms with Crippen molar-refractivity contribution in [1.82, 2.24) is 19.6 Å². The summed E-state index contributed by atoms with van der Waals surface area (Å²) in [5, 5.41) is 14.1. The lowest BCUT2D eigenvalue weighted by molar-refractivity contribution is -0.118. The van der Waals surface area contributed by atoms with E-state index in [1.54, 1.807) is 23.3 Å². The number of carbonyl (C=O) groups is 2. The number of esters is 1. The maximum atomic E-state index is 13.4. The van der Waals surface area contributed by atoms with Crippen LogP contribution in [0.3, 0.4) is 0 Å². The Hall–Kier alpha value is -3.32. The highest BCUT2D eigenvalue weighted by atomic mass is 32.1. The zero-order valence-electron chi connectivity index (χ0n) is 20.3. The molecule has 0 atom stereocenters. The van der Waals surface area contributed by atoms with Crippen LogP contribution >= 0.6 is 11.3 Å². The average molecular weight is 483 g/mol. The highest BCUT2D eigenvalue weighted by molar-refractivity contribution is 7.17. The zero-order valence-corrected chi connectivity index (χ0v) is 21.2. The monoisotopic (exact) mass is 482 g/mol. The van der Waals surface area contributed by atoms with E-state index in [4.69, 9.17) is 4.74 Å². The Kier molecular flexibility index (Phi) is 8.34. The van der Waals surface area contributed by atoms with Gasteiger partial charge in [-0.2, -0.15) is 10.4 Å². The van der Waals surface area contributed by atoms with Gasteiger partial charge in [-0.15, -0.1) is 0 Å². The van der Waals surface area contributed by atoms with Gasteiger partial charge in [-0.05, 0) is 46.1 Å². The average Bonchev–Trinajstić information content (AvgIpc) is 3.39. The van der Waals surface area contributed by atoms with Crippen molar-refractivity contribution in [1.29, 1.82) is 5.26 Å². The number of rotatable bonds is 10. The second kappa shape index (κ2) is 11.2. The fraction of sp³-hybridized carbons (Fsp3) is 0.500. The Morgan fingerprint density at radius 1 is 1.18 bits per heavy atom. The van der Waals surface area contributed by atoms with Crippen molar-refractivity contribution in [3.8, 4) is 6.07 Å². The Morgan fingerprint density at radius 2 is 1.94 bits per heavy atom. The number of anilines is 1. The molecule has 0 N–H and O–H groups in total. The van der Waals surface area contributed by atoms with Crippen LogP contribution in [0.4, 0.5) is 5.13 Å². The highest BCUT2D eigenvalue weighted by Gasteiger charge is 2.24. The summed E-state index contributed by atoms with van der Waals surface area (Å²) in [5.74, 6) is -0.469. The van der Waals surface area contributed by atoms with E-state index < -0.39 is 5.97 Å². The van der Waals surface area contributed by atoms with E-state index in [-0.39, 0.29) is 18.9 Å². The molecule has 0 aliphatic carbocycles. The molecule has 0 aliphatic heterocycles. The number of carbonyl (C=O) groups excluding carboxylic acids is 2. The minimum atomic E-state index is -0.411. The summed E-state index contributed by atoms with van der Waals surface area (Å²) in [6.07, 6.45) is 5.14. The Bertz CT molecular complexity index is 1240. The lowest BCUT2D eigenvalue weighted by Gasteiger charge is -2.20. The van der Waals surface area contributed by atoms with Crippen LogP contribution in [0.25, 0.3) is 5.65 Å². The third-order valence-electron chi connectivity index (χ3n) is 5.68. The van der Waals surface area contributed by atoms with Crippen LogP contribution < -0.4 is 4.90 Å². The molecule has 0 bridgehead atoms. The molecule has 3 aromatic rings. The Labute approximate surface area is 203 Å². The molecule has 180 valence electrons. The van der Waals surface area contributed by atoms with Gasteiger partial charge in [-0.25, -0.2) is 19.3 Å². The number of thiazole rings is 1. The molecule has 0 radical (unpaired) electrons. The zero-order chi connectivity index (χ0) is 24.8. The molecule has 3 rings (SSSR count). The van der Waals surface area contributed by atoms with Crippen LogP contribution in [0.5, 0.6) is 0 Å². The standard InChI is InChI=1S/C24H30N6O3S/c1-6-8-9-12-29(24-28-16(4)21(34-24)23(32)33-7-2)20(31)11-10-19-15(3)27-22-18(13-25)14-26-30(22)17(19)5/h14H,6-12H2,1-5H3.